The summed E-state index contributed by atoms with van der Waals surface area (Å²) in [6, 6.07) is 0. The molecule has 0 bridgehead atoms. The lowest BCUT2D eigenvalue weighted by atomic mass is 9.98. The molecule has 22 heavy (non-hydrogen) atoms. The molecule has 0 aliphatic carbocycles. The molecule has 0 aromatic carbocycles. The predicted molar refractivity (Wildman–Crippen MR) is 87.0 cm³/mol. The van der Waals surface area contributed by atoms with Crippen LogP contribution in [0.1, 0.15) is 50.8 Å². The molecule has 1 amide bonds. The molecule has 1 atom stereocenters. The Bertz CT molecular complexity index is 543. The summed E-state index contributed by atoms with van der Waals surface area (Å²) < 4.78 is 7.77. The zero-order valence-electron chi connectivity index (χ0n) is 14.8. The predicted octanol–water partition coefficient (Wildman–Crippen LogP) is 3.46. The number of imidazole rings is 1. The Kier molecular flexibility index (Phi) is 4.83. The third-order valence-corrected chi connectivity index (χ3v) is 4.26. The van der Waals surface area contributed by atoms with Gasteiger partial charge in [0.25, 0.3) is 0 Å². The number of hydrogen-bond acceptors (Lipinski definition) is 3. The fraction of sp³-hybridized carbons (Fsp3) is 0.765. The number of likely N-dealkylation sites (tertiary alicyclic amines) is 1. The zero-order valence-corrected chi connectivity index (χ0v) is 14.8. The highest BCUT2D eigenvalue weighted by Crippen LogP contribution is 2.22. The largest absolute Gasteiger partial charge is 0.444 e. The number of rotatable bonds is 2. The first kappa shape index (κ1) is 16.8. The van der Waals surface area contributed by atoms with Crippen molar-refractivity contribution in [3.63, 3.8) is 0 Å². The van der Waals surface area contributed by atoms with Crippen molar-refractivity contribution in [1.82, 2.24) is 14.5 Å². The Morgan fingerprint density at radius 1 is 1.32 bits per heavy atom. The van der Waals surface area contributed by atoms with Crippen LogP contribution in [0, 0.1) is 26.7 Å². The van der Waals surface area contributed by atoms with Crippen molar-refractivity contribution in [3.05, 3.63) is 17.2 Å². The number of ether oxygens (including phenoxy) is 1. The lowest BCUT2D eigenvalue weighted by Gasteiger charge is -2.34. The molecular formula is C17H29N3O2. The summed E-state index contributed by atoms with van der Waals surface area (Å²) in [6.45, 7) is 14.4. The molecular weight excluding hydrogens is 278 g/mol. The SMILES string of the molecule is Cc1nc(C)n(CC2CCCN(C(=O)OC(C)(C)C)C2)c1C. The summed E-state index contributed by atoms with van der Waals surface area (Å²) >= 11 is 0. The quantitative estimate of drug-likeness (QED) is 0.840. The van der Waals surface area contributed by atoms with Gasteiger partial charge in [-0.1, -0.05) is 0 Å². The van der Waals surface area contributed by atoms with E-state index in [1.54, 1.807) is 0 Å². The first-order chi connectivity index (χ1) is 10.2. The number of aromatic nitrogens is 2. The number of aryl methyl sites for hydroxylation is 2. The second-order valence-electron chi connectivity index (χ2n) is 7.38. The summed E-state index contributed by atoms with van der Waals surface area (Å²) in [4.78, 5) is 18.6. The number of amides is 1. The van der Waals surface area contributed by atoms with Crippen LogP contribution in [0.4, 0.5) is 4.79 Å². The average molecular weight is 307 g/mol. The van der Waals surface area contributed by atoms with Gasteiger partial charge in [-0.25, -0.2) is 9.78 Å². The number of hydrogen-bond donors (Lipinski definition) is 0. The summed E-state index contributed by atoms with van der Waals surface area (Å²) in [7, 11) is 0. The maximum Gasteiger partial charge on any atom is 0.410 e. The second-order valence-corrected chi connectivity index (χ2v) is 7.38. The fourth-order valence-corrected chi connectivity index (χ4v) is 3.06. The van der Waals surface area contributed by atoms with Crippen LogP contribution >= 0.6 is 0 Å². The molecule has 1 aromatic heterocycles. The molecule has 2 heterocycles. The highest BCUT2D eigenvalue weighted by atomic mass is 16.6. The summed E-state index contributed by atoms with van der Waals surface area (Å²) in [5.41, 5.74) is 1.89. The Balaban J connectivity index is 2.00. The van der Waals surface area contributed by atoms with Gasteiger partial charge < -0.3 is 14.2 Å². The van der Waals surface area contributed by atoms with E-state index in [2.05, 4.69) is 23.4 Å². The summed E-state index contributed by atoms with van der Waals surface area (Å²) in [5, 5.41) is 0. The van der Waals surface area contributed by atoms with E-state index in [4.69, 9.17) is 4.74 Å². The molecule has 0 spiro atoms. The minimum absolute atomic E-state index is 0.188. The van der Waals surface area contributed by atoms with Crippen molar-refractivity contribution < 1.29 is 9.53 Å². The number of carbonyl (C=O) groups is 1. The molecule has 1 fully saturated rings. The van der Waals surface area contributed by atoms with Crippen molar-refractivity contribution >= 4 is 6.09 Å². The Hall–Kier alpha value is -1.52. The van der Waals surface area contributed by atoms with Crippen LogP contribution in [-0.2, 0) is 11.3 Å². The van der Waals surface area contributed by atoms with E-state index in [0.29, 0.717) is 5.92 Å². The number of nitrogens with zero attached hydrogens (tertiary/aromatic N) is 3. The van der Waals surface area contributed by atoms with Gasteiger partial charge in [-0.2, -0.15) is 0 Å². The highest BCUT2D eigenvalue weighted by molar-refractivity contribution is 5.68. The van der Waals surface area contributed by atoms with Crippen LogP contribution in [0.5, 0.6) is 0 Å². The van der Waals surface area contributed by atoms with Crippen molar-refractivity contribution in [1.29, 1.82) is 0 Å². The lowest BCUT2D eigenvalue weighted by molar-refractivity contribution is 0.0157. The zero-order chi connectivity index (χ0) is 16.5. The van der Waals surface area contributed by atoms with E-state index < -0.39 is 5.60 Å². The molecule has 5 heteroatoms. The van der Waals surface area contributed by atoms with E-state index >= 15 is 0 Å². The van der Waals surface area contributed by atoms with E-state index in [9.17, 15) is 4.79 Å². The van der Waals surface area contributed by atoms with Gasteiger partial charge in [0, 0.05) is 25.3 Å². The van der Waals surface area contributed by atoms with Crippen molar-refractivity contribution in [2.75, 3.05) is 13.1 Å². The molecule has 1 saturated heterocycles. The van der Waals surface area contributed by atoms with Crippen LogP contribution in [0.2, 0.25) is 0 Å². The molecule has 1 aliphatic rings. The van der Waals surface area contributed by atoms with Crippen LogP contribution in [0.25, 0.3) is 0 Å². The van der Waals surface area contributed by atoms with Crippen LogP contribution in [0.15, 0.2) is 0 Å². The van der Waals surface area contributed by atoms with Gasteiger partial charge in [-0.05, 0) is 60.3 Å². The van der Waals surface area contributed by atoms with Gasteiger partial charge in [0.1, 0.15) is 11.4 Å². The fourth-order valence-electron chi connectivity index (χ4n) is 3.06. The van der Waals surface area contributed by atoms with Crippen LogP contribution in [0.3, 0.4) is 0 Å². The Morgan fingerprint density at radius 3 is 2.55 bits per heavy atom. The maximum atomic E-state index is 12.2. The molecule has 0 N–H and O–H groups in total. The van der Waals surface area contributed by atoms with Gasteiger partial charge in [0.2, 0.25) is 0 Å². The second kappa shape index (κ2) is 6.31. The van der Waals surface area contributed by atoms with E-state index in [1.807, 2.05) is 32.6 Å². The van der Waals surface area contributed by atoms with Crippen LogP contribution < -0.4 is 0 Å². The smallest absolute Gasteiger partial charge is 0.410 e. The highest BCUT2D eigenvalue weighted by Gasteiger charge is 2.28. The number of carbonyl (C=O) groups excluding carboxylic acids is 1. The Labute approximate surface area is 133 Å². The monoisotopic (exact) mass is 307 g/mol. The first-order valence-electron chi connectivity index (χ1n) is 8.15. The topological polar surface area (TPSA) is 47.4 Å². The van der Waals surface area contributed by atoms with Crippen molar-refractivity contribution in [2.24, 2.45) is 5.92 Å². The van der Waals surface area contributed by atoms with E-state index in [0.717, 1.165) is 44.0 Å². The third kappa shape index (κ3) is 4.02. The maximum absolute atomic E-state index is 12.2. The van der Waals surface area contributed by atoms with Gasteiger partial charge >= 0.3 is 6.09 Å². The summed E-state index contributed by atoms with van der Waals surface area (Å²) in [5.74, 6) is 1.52. The minimum atomic E-state index is -0.432. The van der Waals surface area contributed by atoms with Crippen molar-refractivity contribution in [3.8, 4) is 0 Å². The van der Waals surface area contributed by atoms with Crippen molar-refractivity contribution in [2.45, 2.75) is 66.5 Å². The van der Waals surface area contributed by atoms with Gasteiger partial charge in [-0.3, -0.25) is 0 Å². The molecule has 1 unspecified atom stereocenters. The van der Waals surface area contributed by atoms with E-state index in [-0.39, 0.29) is 6.09 Å². The number of piperidine rings is 1. The molecule has 5 nitrogen and oxygen atoms in total. The molecule has 1 aromatic rings. The van der Waals surface area contributed by atoms with E-state index in [1.165, 1.54) is 5.69 Å². The standard InChI is InChI=1S/C17H29N3O2/c1-12-13(2)20(14(3)18-12)11-15-8-7-9-19(10-15)16(21)22-17(4,5)6/h15H,7-11H2,1-6H3. The average Bonchev–Trinajstić information content (AvgIpc) is 2.64. The summed E-state index contributed by atoms with van der Waals surface area (Å²) in [6.07, 6.45) is 2.00. The van der Waals surface area contributed by atoms with Gasteiger partial charge in [0.05, 0.1) is 5.69 Å². The molecule has 0 saturated carbocycles. The molecule has 1 aliphatic heterocycles. The van der Waals surface area contributed by atoms with Crippen LogP contribution in [-0.4, -0.2) is 39.2 Å². The third-order valence-electron chi connectivity index (χ3n) is 4.26. The van der Waals surface area contributed by atoms with Gasteiger partial charge in [0.15, 0.2) is 0 Å². The molecule has 2 rings (SSSR count). The molecule has 124 valence electrons. The Morgan fingerprint density at radius 2 is 2.00 bits per heavy atom. The minimum Gasteiger partial charge on any atom is -0.444 e. The van der Waals surface area contributed by atoms with Gasteiger partial charge in [-0.15, -0.1) is 0 Å². The normalized spacial score (nSPS) is 19.4. The molecule has 0 radical (unpaired) electrons. The lowest BCUT2D eigenvalue weighted by Crippen LogP contribution is -2.43. The first-order valence-corrected chi connectivity index (χ1v) is 8.15.